The molecule has 2 fully saturated rings. The van der Waals surface area contributed by atoms with Gasteiger partial charge in [0.05, 0.1) is 5.69 Å². The maximum absolute atomic E-state index is 13.4. The molecular formula is C44H48FN5O3. The summed E-state index contributed by atoms with van der Waals surface area (Å²) in [6.07, 6.45) is 10.3. The average molecular weight is 714 g/mol. The van der Waals surface area contributed by atoms with E-state index in [-0.39, 0.29) is 11.4 Å². The monoisotopic (exact) mass is 713 g/mol. The second-order valence-corrected chi connectivity index (χ2v) is 15.0. The smallest absolute Gasteiger partial charge is 0.257 e. The number of aliphatic hydroxyl groups excluding tert-OH is 1. The first-order valence-corrected chi connectivity index (χ1v) is 19.2. The van der Waals surface area contributed by atoms with Gasteiger partial charge in [0.15, 0.2) is 5.58 Å². The molecule has 2 aromatic heterocycles. The third-order valence-corrected chi connectivity index (χ3v) is 11.6. The molecule has 3 aromatic carbocycles. The van der Waals surface area contributed by atoms with E-state index in [4.69, 9.17) is 4.52 Å². The Morgan fingerprint density at radius 3 is 2.26 bits per heavy atom. The van der Waals surface area contributed by atoms with Crippen molar-refractivity contribution in [3.63, 3.8) is 0 Å². The van der Waals surface area contributed by atoms with E-state index in [1.54, 1.807) is 16.2 Å². The van der Waals surface area contributed by atoms with Crippen LogP contribution in [-0.4, -0.2) is 69.4 Å². The van der Waals surface area contributed by atoms with Crippen molar-refractivity contribution >= 4 is 28.7 Å². The van der Waals surface area contributed by atoms with Gasteiger partial charge in [0, 0.05) is 54.8 Å². The van der Waals surface area contributed by atoms with Gasteiger partial charge in [-0.05, 0) is 112 Å². The molecule has 8 nitrogen and oxygen atoms in total. The Balaban J connectivity index is 0.000000160. The summed E-state index contributed by atoms with van der Waals surface area (Å²) in [7, 11) is 2.22. The molecule has 0 bridgehead atoms. The number of aromatic nitrogens is 3. The van der Waals surface area contributed by atoms with Crippen molar-refractivity contribution in [2.45, 2.75) is 70.4 Å². The van der Waals surface area contributed by atoms with E-state index < -0.39 is 6.10 Å². The van der Waals surface area contributed by atoms with Gasteiger partial charge in [-0.1, -0.05) is 71.4 Å². The topological polar surface area (TPSA) is 87.6 Å². The van der Waals surface area contributed by atoms with Gasteiger partial charge in [-0.15, -0.1) is 0 Å². The van der Waals surface area contributed by atoms with Crippen LogP contribution in [-0.2, 0) is 13.0 Å². The number of hydrogen-bond donors (Lipinski definition) is 1. The zero-order valence-corrected chi connectivity index (χ0v) is 30.7. The maximum Gasteiger partial charge on any atom is 0.257 e. The van der Waals surface area contributed by atoms with E-state index >= 15 is 0 Å². The van der Waals surface area contributed by atoms with E-state index in [2.05, 4.69) is 87.7 Å². The molecule has 274 valence electrons. The summed E-state index contributed by atoms with van der Waals surface area (Å²) >= 11 is 0. The van der Waals surface area contributed by atoms with E-state index in [1.165, 1.54) is 52.8 Å². The van der Waals surface area contributed by atoms with Gasteiger partial charge in [-0.2, -0.15) is 0 Å². The first-order valence-electron chi connectivity index (χ1n) is 19.2. The lowest BCUT2D eigenvalue weighted by molar-refractivity contribution is 0.129. The summed E-state index contributed by atoms with van der Waals surface area (Å²) in [4.78, 5) is 22.3. The molecule has 4 aliphatic rings. The standard InChI is InChI=1S/C23H27FN4O3.C21H21N/c1-14-17(23(30)28-9-2-3-19(29)22(28)25-14)8-12-27-10-6-15(7-11-27)21-18-5-4-16(24)13-20(18)31-26-21;1-22-14-12-18(13-15-22)21-19-8-4-2-6-16(19)10-11-17-7-3-5-9-20(17)21/h4-5,13,15,19,29H,2-3,6-12H2,1H3;2-11H,12-15H2,1H3/t19-;/m1./s1. The lowest BCUT2D eigenvalue weighted by Gasteiger charge is -2.31. The molecule has 0 unspecified atom stereocenters. The molecule has 5 heterocycles. The van der Waals surface area contributed by atoms with Crippen LogP contribution in [0.25, 0.3) is 28.7 Å². The predicted octanol–water partition coefficient (Wildman–Crippen LogP) is 7.78. The third kappa shape index (κ3) is 7.30. The fourth-order valence-electron chi connectivity index (χ4n) is 8.56. The van der Waals surface area contributed by atoms with Gasteiger partial charge in [-0.25, -0.2) is 9.37 Å². The molecule has 9 heteroatoms. The minimum atomic E-state index is -0.641. The van der Waals surface area contributed by atoms with Crippen LogP contribution in [0.4, 0.5) is 4.39 Å². The highest BCUT2D eigenvalue weighted by Crippen LogP contribution is 2.38. The molecule has 1 aliphatic carbocycles. The van der Waals surface area contributed by atoms with Crippen molar-refractivity contribution in [3.8, 4) is 0 Å². The number of fused-ring (bicyclic) bond motifs is 4. The Hall–Kier alpha value is -4.70. The number of aryl methyl sites for hydroxylation is 1. The second-order valence-electron chi connectivity index (χ2n) is 15.0. The summed E-state index contributed by atoms with van der Waals surface area (Å²) in [5.74, 6) is 0.489. The molecule has 53 heavy (non-hydrogen) atoms. The molecule has 2 saturated heterocycles. The zero-order chi connectivity index (χ0) is 36.5. The van der Waals surface area contributed by atoms with Crippen LogP contribution in [0.3, 0.4) is 0 Å². The van der Waals surface area contributed by atoms with Crippen molar-refractivity contribution in [2.75, 3.05) is 39.8 Å². The highest BCUT2D eigenvalue weighted by Gasteiger charge is 2.27. The van der Waals surface area contributed by atoms with Gasteiger partial charge in [0.2, 0.25) is 0 Å². The molecule has 0 amide bonds. The van der Waals surface area contributed by atoms with Gasteiger partial charge in [0.25, 0.3) is 5.56 Å². The fraction of sp³-hybridized carbons (Fsp3) is 0.386. The van der Waals surface area contributed by atoms with Crippen molar-refractivity contribution in [1.82, 2.24) is 24.5 Å². The number of benzene rings is 3. The van der Waals surface area contributed by atoms with Gasteiger partial charge >= 0.3 is 0 Å². The first kappa shape index (κ1) is 35.3. The summed E-state index contributed by atoms with van der Waals surface area (Å²) in [6, 6.07) is 22.2. The summed E-state index contributed by atoms with van der Waals surface area (Å²) in [6.45, 7) is 7.45. The van der Waals surface area contributed by atoms with Crippen LogP contribution in [0.15, 0.2) is 81.6 Å². The number of piperidine rings is 2. The number of halogens is 1. The lowest BCUT2D eigenvalue weighted by atomic mass is 9.86. The lowest BCUT2D eigenvalue weighted by Crippen LogP contribution is -2.37. The fourth-order valence-corrected chi connectivity index (χ4v) is 8.56. The highest BCUT2D eigenvalue weighted by molar-refractivity contribution is 5.95. The first-order chi connectivity index (χ1) is 25.8. The molecule has 1 atom stereocenters. The van der Waals surface area contributed by atoms with Crippen molar-refractivity contribution in [2.24, 2.45) is 0 Å². The molecule has 5 aromatic rings. The minimum absolute atomic E-state index is 0.00237. The number of nitrogens with zero attached hydrogens (tertiary/aromatic N) is 5. The largest absolute Gasteiger partial charge is 0.385 e. The molecule has 3 aliphatic heterocycles. The van der Waals surface area contributed by atoms with Crippen LogP contribution in [0.1, 0.15) is 95.6 Å². The van der Waals surface area contributed by atoms with Crippen LogP contribution < -0.4 is 5.56 Å². The zero-order valence-electron chi connectivity index (χ0n) is 30.7. The van der Waals surface area contributed by atoms with Gasteiger partial charge < -0.3 is 19.4 Å². The number of likely N-dealkylation sites (tertiary alicyclic amines) is 2. The molecule has 0 spiro atoms. The Bertz CT molecular complexity index is 2180. The van der Waals surface area contributed by atoms with E-state index in [0.717, 1.165) is 74.3 Å². The Morgan fingerprint density at radius 1 is 0.887 bits per heavy atom. The van der Waals surface area contributed by atoms with Crippen LogP contribution >= 0.6 is 0 Å². The van der Waals surface area contributed by atoms with Crippen molar-refractivity contribution in [3.05, 3.63) is 134 Å². The quantitative estimate of drug-likeness (QED) is 0.200. The van der Waals surface area contributed by atoms with Gasteiger partial charge in [0.1, 0.15) is 17.7 Å². The number of aliphatic hydroxyl groups is 1. The van der Waals surface area contributed by atoms with Crippen LogP contribution in [0.5, 0.6) is 0 Å². The number of hydrogen-bond acceptors (Lipinski definition) is 7. The van der Waals surface area contributed by atoms with E-state index in [0.29, 0.717) is 36.7 Å². The Labute approximate surface area is 310 Å². The van der Waals surface area contributed by atoms with E-state index in [9.17, 15) is 14.3 Å². The molecular weight excluding hydrogens is 666 g/mol. The SMILES string of the molecule is CN1CCC(=C2c3ccccc3C=Cc3ccccc32)CC1.Cc1nc2n(c(=O)c1CCN1CCC(c3noc4cc(F)ccc34)CC1)CCC[C@H]2O. The third-order valence-electron chi connectivity index (χ3n) is 11.6. The average Bonchev–Trinajstić information content (AvgIpc) is 3.51. The molecule has 9 rings (SSSR count). The minimum Gasteiger partial charge on any atom is -0.385 e. The molecule has 0 saturated carbocycles. The highest BCUT2D eigenvalue weighted by atomic mass is 19.1. The second kappa shape index (κ2) is 15.3. The normalized spacial score (nSPS) is 19.3. The van der Waals surface area contributed by atoms with Crippen molar-refractivity contribution in [1.29, 1.82) is 0 Å². The molecule has 0 radical (unpaired) electrons. The van der Waals surface area contributed by atoms with Crippen LogP contribution in [0, 0.1) is 12.7 Å². The van der Waals surface area contributed by atoms with Crippen LogP contribution in [0.2, 0.25) is 0 Å². The Kier molecular flexibility index (Phi) is 10.2. The predicted molar refractivity (Wildman–Crippen MR) is 208 cm³/mol. The molecule has 1 N–H and O–H groups in total. The van der Waals surface area contributed by atoms with Gasteiger partial charge in [-0.3, -0.25) is 9.36 Å². The summed E-state index contributed by atoms with van der Waals surface area (Å²) < 4.78 is 20.4. The number of rotatable bonds is 4. The summed E-state index contributed by atoms with van der Waals surface area (Å²) in [5, 5.41) is 15.3. The Morgan fingerprint density at radius 2 is 1.57 bits per heavy atom. The van der Waals surface area contributed by atoms with Crippen molar-refractivity contribution < 1.29 is 14.0 Å². The maximum atomic E-state index is 13.4. The summed E-state index contributed by atoms with van der Waals surface area (Å²) in [5.41, 5.74) is 11.4. The van der Waals surface area contributed by atoms with E-state index in [1.807, 2.05) is 6.92 Å².